The number of imidazole rings is 1. The standard InChI is InChI=1S/C24H24F2N8O2/c1-14-9-27-24(30-20-6-7-28-32(20)2)31-21(14)19-12-33-11-16(13-36-3)34(23(35)22(33)29-19)10-15-4-5-17(25)18(26)8-15/h4-9,12,16H,10-11,13H2,1-3H3,(H,27,30,31)/t16-/m1/s1/i10D2. The highest BCUT2D eigenvalue weighted by Gasteiger charge is 2.35. The summed E-state index contributed by atoms with van der Waals surface area (Å²) in [7, 11) is 3.21. The second-order valence-corrected chi connectivity index (χ2v) is 8.32. The summed E-state index contributed by atoms with van der Waals surface area (Å²) in [5, 5.41) is 7.19. The van der Waals surface area contributed by atoms with E-state index in [1.54, 1.807) is 41.0 Å². The van der Waals surface area contributed by atoms with Crippen molar-refractivity contribution in [3.8, 4) is 11.4 Å². The molecule has 0 fully saturated rings. The van der Waals surface area contributed by atoms with Gasteiger partial charge in [0, 0.05) is 45.7 Å². The molecule has 5 rings (SSSR count). The zero-order valence-electron chi connectivity index (χ0n) is 21.7. The molecule has 12 heteroatoms. The summed E-state index contributed by atoms with van der Waals surface area (Å²) in [5.74, 6) is -2.08. The van der Waals surface area contributed by atoms with Crippen LogP contribution < -0.4 is 5.32 Å². The van der Waals surface area contributed by atoms with Gasteiger partial charge in [-0.25, -0.2) is 23.7 Å². The number of benzene rings is 1. The Morgan fingerprint density at radius 1 is 1.25 bits per heavy atom. The predicted octanol–water partition coefficient (Wildman–Crippen LogP) is 3.07. The number of halogens is 2. The smallest absolute Gasteiger partial charge is 0.290 e. The molecule has 1 aromatic carbocycles. The number of hydrogen-bond donors (Lipinski definition) is 1. The minimum absolute atomic E-state index is 0.00713. The molecule has 0 unspecified atom stereocenters. The molecule has 0 radical (unpaired) electrons. The fraction of sp³-hybridized carbons (Fsp3) is 0.292. The van der Waals surface area contributed by atoms with Crippen molar-refractivity contribution in [2.45, 2.75) is 26.0 Å². The van der Waals surface area contributed by atoms with E-state index in [-0.39, 0.29) is 24.5 Å². The number of carbonyl (C=O) groups is 1. The first kappa shape index (κ1) is 21.1. The molecule has 1 aliphatic rings. The van der Waals surface area contributed by atoms with E-state index in [9.17, 15) is 13.6 Å². The maximum absolute atomic E-state index is 14.0. The van der Waals surface area contributed by atoms with E-state index >= 15 is 0 Å². The van der Waals surface area contributed by atoms with Gasteiger partial charge in [-0.1, -0.05) is 6.07 Å². The van der Waals surface area contributed by atoms with Crippen LogP contribution in [-0.2, 0) is 24.8 Å². The monoisotopic (exact) mass is 496 g/mol. The molecule has 10 nitrogen and oxygen atoms in total. The van der Waals surface area contributed by atoms with Crippen LogP contribution in [0.4, 0.5) is 20.5 Å². The van der Waals surface area contributed by atoms with Crippen molar-refractivity contribution in [3.63, 3.8) is 0 Å². The fourth-order valence-corrected chi connectivity index (χ4v) is 3.96. The molecule has 0 spiro atoms. The first-order valence-corrected chi connectivity index (χ1v) is 11.0. The Morgan fingerprint density at radius 3 is 2.81 bits per heavy atom. The Kier molecular flexibility index (Phi) is 5.55. The number of nitrogens with one attached hydrogen (secondary N) is 1. The molecule has 0 saturated carbocycles. The number of rotatable bonds is 7. The van der Waals surface area contributed by atoms with Gasteiger partial charge in [0.25, 0.3) is 5.91 Å². The van der Waals surface area contributed by atoms with Crippen LogP contribution in [-0.4, -0.2) is 59.9 Å². The highest BCUT2D eigenvalue weighted by Crippen LogP contribution is 2.27. The second kappa shape index (κ2) is 9.46. The molecule has 1 aliphatic heterocycles. The fourth-order valence-electron chi connectivity index (χ4n) is 3.96. The molecule has 4 aromatic rings. The number of aromatic nitrogens is 6. The highest BCUT2D eigenvalue weighted by molar-refractivity contribution is 5.92. The Hall–Kier alpha value is -4.19. The topological polar surface area (TPSA) is 103 Å². The van der Waals surface area contributed by atoms with Gasteiger partial charge in [0.05, 0.1) is 27.3 Å². The van der Waals surface area contributed by atoms with Gasteiger partial charge < -0.3 is 19.5 Å². The average molecular weight is 497 g/mol. The number of methoxy groups -OCH3 is 1. The third-order valence-electron chi connectivity index (χ3n) is 5.76. The average Bonchev–Trinajstić information content (AvgIpc) is 3.48. The molecule has 0 aliphatic carbocycles. The van der Waals surface area contributed by atoms with E-state index in [2.05, 4.69) is 25.4 Å². The third kappa shape index (κ3) is 4.42. The minimum atomic E-state index is -2.47. The summed E-state index contributed by atoms with van der Waals surface area (Å²) < 4.78 is 53.4. The number of anilines is 2. The van der Waals surface area contributed by atoms with Crippen LogP contribution in [0.25, 0.3) is 11.4 Å². The molecule has 186 valence electrons. The Balaban J connectivity index is 1.52. The summed E-state index contributed by atoms with van der Waals surface area (Å²) in [6.07, 6.45) is 4.93. The van der Waals surface area contributed by atoms with Gasteiger partial charge in [0.1, 0.15) is 11.5 Å². The van der Waals surface area contributed by atoms with Gasteiger partial charge >= 0.3 is 0 Å². The van der Waals surface area contributed by atoms with Crippen molar-refractivity contribution in [1.29, 1.82) is 0 Å². The number of ether oxygens (including phenoxy) is 1. The number of carbonyl (C=O) groups excluding carboxylic acids is 1. The lowest BCUT2D eigenvalue weighted by atomic mass is 10.1. The van der Waals surface area contributed by atoms with Crippen LogP contribution in [0.15, 0.2) is 42.9 Å². The summed E-state index contributed by atoms with van der Waals surface area (Å²) in [4.78, 5) is 28.0. The van der Waals surface area contributed by atoms with Crippen molar-refractivity contribution < 1.29 is 21.1 Å². The van der Waals surface area contributed by atoms with Crippen molar-refractivity contribution in [3.05, 3.63) is 71.4 Å². The summed E-state index contributed by atoms with van der Waals surface area (Å²) in [5.41, 5.74) is 1.39. The number of nitrogens with zero attached hydrogens (tertiary/aromatic N) is 7. The maximum Gasteiger partial charge on any atom is 0.290 e. The van der Waals surface area contributed by atoms with Gasteiger partial charge in [-0.2, -0.15) is 5.10 Å². The van der Waals surface area contributed by atoms with E-state index in [1.807, 2.05) is 6.92 Å². The lowest BCUT2D eigenvalue weighted by Gasteiger charge is -2.35. The third-order valence-corrected chi connectivity index (χ3v) is 5.76. The van der Waals surface area contributed by atoms with E-state index in [0.29, 0.717) is 28.7 Å². The number of hydrogen-bond acceptors (Lipinski definition) is 7. The number of amides is 1. The van der Waals surface area contributed by atoms with Gasteiger partial charge in [-0.3, -0.25) is 9.48 Å². The largest absolute Gasteiger partial charge is 0.382 e. The second-order valence-electron chi connectivity index (χ2n) is 8.32. The molecule has 1 amide bonds. The number of aryl methyl sites for hydroxylation is 2. The van der Waals surface area contributed by atoms with E-state index in [4.69, 9.17) is 7.48 Å². The van der Waals surface area contributed by atoms with Gasteiger partial charge in [-0.05, 0) is 30.2 Å². The zero-order valence-corrected chi connectivity index (χ0v) is 19.7. The SMILES string of the molecule is [2H]C([2H])(c1ccc(F)c(F)c1)N1C(=O)c2nc(-c3nc(Nc4ccnn4C)ncc3C)cn2C[C@@H]1COC. The molecule has 0 saturated heterocycles. The van der Waals surface area contributed by atoms with Crippen LogP contribution in [0.5, 0.6) is 0 Å². The van der Waals surface area contributed by atoms with Crippen molar-refractivity contribution in [2.24, 2.45) is 7.05 Å². The molecule has 1 atom stereocenters. The van der Waals surface area contributed by atoms with Gasteiger partial charge in [-0.15, -0.1) is 0 Å². The summed E-state index contributed by atoms with van der Waals surface area (Å²) in [6, 6.07) is 3.71. The van der Waals surface area contributed by atoms with Crippen LogP contribution in [0, 0.1) is 18.6 Å². The predicted molar refractivity (Wildman–Crippen MR) is 126 cm³/mol. The van der Waals surface area contributed by atoms with E-state index in [1.165, 1.54) is 7.11 Å². The maximum atomic E-state index is 14.0. The summed E-state index contributed by atoms with van der Waals surface area (Å²) >= 11 is 0. The molecule has 3 aromatic heterocycles. The normalized spacial score (nSPS) is 16.5. The van der Waals surface area contributed by atoms with Crippen LogP contribution in [0.2, 0.25) is 0 Å². The van der Waals surface area contributed by atoms with Gasteiger partial charge in [0.2, 0.25) is 5.95 Å². The molecule has 36 heavy (non-hydrogen) atoms. The first-order chi connectivity index (χ1) is 18.1. The number of fused-ring (bicyclic) bond motifs is 1. The molecule has 4 heterocycles. The molecular formula is C24H24F2N8O2. The Bertz CT molecular complexity index is 1520. The lowest BCUT2D eigenvalue weighted by molar-refractivity contribution is 0.0379. The summed E-state index contributed by atoms with van der Waals surface area (Å²) in [6.45, 7) is -0.495. The molecule has 1 N–H and O–H groups in total. The zero-order chi connectivity index (χ0) is 27.2. The Labute approximate surface area is 208 Å². The van der Waals surface area contributed by atoms with E-state index < -0.39 is 30.1 Å². The van der Waals surface area contributed by atoms with E-state index in [0.717, 1.165) is 23.1 Å². The molecular weight excluding hydrogens is 470 g/mol. The quantitative estimate of drug-likeness (QED) is 0.419. The van der Waals surface area contributed by atoms with Gasteiger partial charge in [0.15, 0.2) is 17.5 Å². The van der Waals surface area contributed by atoms with Crippen LogP contribution in [0.1, 0.15) is 24.5 Å². The highest BCUT2D eigenvalue weighted by atomic mass is 19.2. The van der Waals surface area contributed by atoms with Crippen molar-refractivity contribution in [2.75, 3.05) is 19.0 Å². The van der Waals surface area contributed by atoms with Crippen molar-refractivity contribution >= 4 is 17.7 Å². The van der Waals surface area contributed by atoms with Crippen molar-refractivity contribution in [1.82, 2.24) is 34.2 Å². The Morgan fingerprint density at radius 2 is 2.08 bits per heavy atom. The molecule has 0 bridgehead atoms. The first-order valence-electron chi connectivity index (χ1n) is 12.0. The lowest BCUT2D eigenvalue weighted by Crippen LogP contribution is -2.49. The minimum Gasteiger partial charge on any atom is -0.382 e. The van der Waals surface area contributed by atoms with Crippen LogP contribution >= 0.6 is 0 Å². The van der Waals surface area contributed by atoms with Crippen LogP contribution in [0.3, 0.4) is 0 Å².